The van der Waals surface area contributed by atoms with Crippen LogP contribution in [0.3, 0.4) is 0 Å². The molecule has 6 rings (SSSR count). The van der Waals surface area contributed by atoms with Gasteiger partial charge in [0.25, 0.3) is 0 Å². The molecule has 3 nitrogen and oxygen atoms in total. The van der Waals surface area contributed by atoms with Crippen molar-refractivity contribution in [3.63, 3.8) is 0 Å². The van der Waals surface area contributed by atoms with E-state index in [-0.39, 0.29) is 11.0 Å². The molecule has 40 heavy (non-hydrogen) atoms. The van der Waals surface area contributed by atoms with Gasteiger partial charge in [0.1, 0.15) is 24.3 Å². The number of nitriles is 1. The minimum absolute atomic E-state index is 0.104. The van der Waals surface area contributed by atoms with Crippen LogP contribution in [-0.4, -0.2) is 0 Å². The summed E-state index contributed by atoms with van der Waals surface area (Å²) in [4.78, 5) is 0. The Morgan fingerprint density at radius 2 is 1.40 bits per heavy atom. The molecule has 0 radical (unpaired) electrons. The van der Waals surface area contributed by atoms with Crippen LogP contribution < -0.4 is 4.57 Å². The number of aromatic nitrogens is 1. The van der Waals surface area contributed by atoms with Crippen LogP contribution in [0.25, 0.3) is 55.4 Å². The number of furan rings is 1. The van der Waals surface area contributed by atoms with Crippen molar-refractivity contribution in [2.24, 2.45) is 7.05 Å². The Morgan fingerprint density at radius 1 is 0.775 bits per heavy atom. The Bertz CT molecular complexity index is 2050. The van der Waals surface area contributed by atoms with E-state index in [0.29, 0.717) is 16.7 Å². The Hall–Kier alpha value is -4.68. The van der Waals surface area contributed by atoms with Crippen LogP contribution in [0.1, 0.15) is 47.1 Å². The smallest absolute Gasteiger partial charge is 0.216 e. The Morgan fingerprint density at radius 3 is 2.02 bits per heavy atom. The van der Waals surface area contributed by atoms with Gasteiger partial charge in [0.2, 0.25) is 5.69 Å². The molecule has 6 aromatic rings. The highest BCUT2D eigenvalue weighted by Gasteiger charge is 2.23. The van der Waals surface area contributed by atoms with Gasteiger partial charge in [-0.3, -0.25) is 0 Å². The van der Waals surface area contributed by atoms with Gasteiger partial charge < -0.3 is 4.42 Å². The van der Waals surface area contributed by atoms with Crippen molar-refractivity contribution in [3.05, 3.63) is 113 Å². The maximum absolute atomic E-state index is 10.4. The lowest BCUT2D eigenvalue weighted by atomic mass is 9.86. The van der Waals surface area contributed by atoms with Gasteiger partial charge in [0.05, 0.1) is 5.56 Å². The third kappa shape index (κ3) is 4.27. The molecule has 0 fully saturated rings. The summed E-state index contributed by atoms with van der Waals surface area (Å²) in [6.07, 6.45) is 1.64. The molecular weight excluding hydrogens is 488 g/mol. The van der Waals surface area contributed by atoms with E-state index < -0.39 is 6.85 Å². The number of rotatable bonds is 3. The lowest BCUT2D eigenvalue weighted by Crippen LogP contribution is -2.31. The first-order valence-electron chi connectivity index (χ1n) is 15.0. The minimum Gasteiger partial charge on any atom is -0.454 e. The van der Waals surface area contributed by atoms with Crippen molar-refractivity contribution in [1.82, 2.24) is 0 Å². The lowest BCUT2D eigenvalue weighted by molar-refractivity contribution is -0.660. The zero-order valence-electron chi connectivity index (χ0n) is 26.5. The molecule has 0 spiro atoms. The topological polar surface area (TPSA) is 40.8 Å². The molecule has 0 N–H and O–H groups in total. The van der Waals surface area contributed by atoms with E-state index in [4.69, 9.17) is 8.53 Å². The standard InChI is InChI=1S/C37H33N2O/c1-23-7-20-33(39(6)22-23)34-24(2)8-17-31-30-19-18-29(32(21-38)35(30)40-36(31)34)27-11-9-25(10-12-27)26-13-15-28(16-14-26)37(3,4)5/h7-20,22H,1-6H3/q+1/i1D3. The number of fused-ring (bicyclic) bond motifs is 3. The first-order chi connectivity index (χ1) is 20.4. The van der Waals surface area contributed by atoms with E-state index in [1.165, 1.54) is 5.56 Å². The van der Waals surface area contributed by atoms with Gasteiger partial charge in [0.15, 0.2) is 11.8 Å². The van der Waals surface area contributed by atoms with E-state index in [2.05, 4.69) is 75.4 Å². The number of hydrogen-bond acceptors (Lipinski definition) is 2. The second-order valence-corrected chi connectivity index (χ2v) is 11.5. The number of pyridine rings is 1. The maximum Gasteiger partial charge on any atom is 0.216 e. The molecule has 0 aliphatic rings. The highest BCUT2D eigenvalue weighted by atomic mass is 16.3. The summed E-state index contributed by atoms with van der Waals surface area (Å²) in [5, 5.41) is 12.1. The van der Waals surface area contributed by atoms with Crippen molar-refractivity contribution in [1.29, 1.82) is 5.26 Å². The predicted octanol–water partition coefficient (Wildman–Crippen LogP) is 9.20. The highest BCUT2D eigenvalue weighted by Crippen LogP contribution is 2.40. The molecule has 0 bridgehead atoms. The fourth-order valence-corrected chi connectivity index (χ4v) is 5.54. The van der Waals surface area contributed by atoms with Crippen LogP contribution in [0.4, 0.5) is 0 Å². The van der Waals surface area contributed by atoms with Crippen molar-refractivity contribution in [3.8, 4) is 39.6 Å². The van der Waals surface area contributed by atoms with Crippen molar-refractivity contribution < 1.29 is 13.1 Å². The molecule has 0 amide bonds. The number of nitrogens with zero attached hydrogens (tertiary/aromatic N) is 2. The van der Waals surface area contributed by atoms with Gasteiger partial charge in [-0.1, -0.05) is 87.5 Å². The van der Waals surface area contributed by atoms with E-state index in [0.717, 1.165) is 49.8 Å². The summed E-state index contributed by atoms with van der Waals surface area (Å²) in [6.45, 7) is 6.45. The Labute approximate surface area is 240 Å². The molecule has 3 heteroatoms. The third-order valence-corrected chi connectivity index (χ3v) is 7.80. The average Bonchev–Trinajstić information content (AvgIpc) is 3.35. The summed E-state index contributed by atoms with van der Waals surface area (Å²) in [6, 6.07) is 30.9. The van der Waals surface area contributed by atoms with Gasteiger partial charge in [-0.25, -0.2) is 4.57 Å². The van der Waals surface area contributed by atoms with E-state index in [1.54, 1.807) is 12.3 Å². The minimum atomic E-state index is -2.19. The van der Waals surface area contributed by atoms with Crippen molar-refractivity contribution in [2.45, 2.75) is 40.0 Å². The van der Waals surface area contributed by atoms with E-state index >= 15 is 0 Å². The van der Waals surface area contributed by atoms with Crippen LogP contribution in [0, 0.1) is 25.1 Å². The normalized spacial score (nSPS) is 13.2. The fourth-order valence-electron chi connectivity index (χ4n) is 5.54. The molecule has 0 saturated heterocycles. The molecule has 0 saturated carbocycles. The maximum atomic E-state index is 10.4. The Balaban J connectivity index is 1.45. The molecule has 0 aliphatic heterocycles. The van der Waals surface area contributed by atoms with E-state index in [9.17, 15) is 5.26 Å². The second kappa shape index (κ2) is 9.50. The van der Waals surface area contributed by atoms with Gasteiger partial charge in [-0.15, -0.1) is 0 Å². The molecule has 2 aromatic heterocycles. The van der Waals surface area contributed by atoms with Crippen molar-refractivity contribution >= 4 is 21.9 Å². The molecule has 196 valence electrons. The van der Waals surface area contributed by atoms with E-state index in [1.807, 2.05) is 48.9 Å². The van der Waals surface area contributed by atoms with Crippen LogP contribution in [0.5, 0.6) is 0 Å². The fraction of sp³-hybridized carbons (Fsp3) is 0.189. The molecule has 0 atom stereocenters. The number of aryl methyl sites for hydroxylation is 3. The van der Waals surface area contributed by atoms with Crippen molar-refractivity contribution in [2.75, 3.05) is 0 Å². The monoisotopic (exact) mass is 524 g/mol. The first-order valence-corrected chi connectivity index (χ1v) is 13.5. The molecule has 2 heterocycles. The zero-order valence-corrected chi connectivity index (χ0v) is 23.5. The van der Waals surface area contributed by atoms with Crippen LogP contribution in [0.2, 0.25) is 0 Å². The van der Waals surface area contributed by atoms with Gasteiger partial charge in [-0.05, 0) is 59.1 Å². The summed E-state index contributed by atoms with van der Waals surface area (Å²) in [5.41, 5.74) is 10.1. The summed E-state index contributed by atoms with van der Waals surface area (Å²) >= 11 is 0. The molecule has 4 aromatic carbocycles. The van der Waals surface area contributed by atoms with Crippen LogP contribution >= 0.6 is 0 Å². The first kappa shape index (κ1) is 22.2. The molecule has 0 aliphatic carbocycles. The SMILES string of the molecule is [2H]C([2H])([2H])c1ccc(-c2c(C)ccc3c2oc2c(C#N)c(-c4ccc(-c5ccc(C(C)(C)C)cc5)cc4)ccc23)[n+](C)c1. The second-order valence-electron chi connectivity index (χ2n) is 11.5. The number of hydrogen-bond donors (Lipinski definition) is 0. The number of benzene rings is 4. The van der Waals surface area contributed by atoms with Gasteiger partial charge in [-0.2, -0.15) is 5.26 Å². The summed E-state index contributed by atoms with van der Waals surface area (Å²) < 4.78 is 31.7. The zero-order chi connectivity index (χ0) is 30.7. The van der Waals surface area contributed by atoms with Crippen LogP contribution in [0.15, 0.2) is 95.5 Å². The third-order valence-electron chi connectivity index (χ3n) is 7.80. The van der Waals surface area contributed by atoms with Gasteiger partial charge >= 0.3 is 0 Å². The quantitative estimate of drug-likeness (QED) is 0.217. The van der Waals surface area contributed by atoms with Crippen LogP contribution in [-0.2, 0) is 12.5 Å². The summed E-state index contributed by atoms with van der Waals surface area (Å²) in [7, 11) is 1.84. The highest BCUT2D eigenvalue weighted by molar-refractivity contribution is 6.12. The lowest BCUT2D eigenvalue weighted by Gasteiger charge is -2.19. The summed E-state index contributed by atoms with van der Waals surface area (Å²) in [5.74, 6) is 0. The molecule has 0 unspecified atom stereocenters. The largest absolute Gasteiger partial charge is 0.454 e. The Kier molecular flexibility index (Phi) is 5.27. The molecular formula is C37H33N2O+. The predicted molar refractivity (Wildman–Crippen MR) is 164 cm³/mol. The van der Waals surface area contributed by atoms with Gasteiger partial charge in [0, 0.05) is 32.1 Å². The average molecular weight is 525 g/mol.